The minimum absolute atomic E-state index is 0.269. The number of rotatable bonds is 5. The maximum Gasteiger partial charge on any atom is 0.251 e. The van der Waals surface area contributed by atoms with E-state index in [1.54, 1.807) is 6.07 Å². The van der Waals surface area contributed by atoms with E-state index in [-0.39, 0.29) is 5.91 Å². The molecule has 2 aromatic rings. The van der Waals surface area contributed by atoms with E-state index in [4.69, 9.17) is 0 Å². The summed E-state index contributed by atoms with van der Waals surface area (Å²) in [5.41, 5.74) is 1.34. The molecule has 0 heterocycles. The van der Waals surface area contributed by atoms with Crippen molar-refractivity contribution in [2.45, 2.75) is 0 Å². The molecule has 2 aromatic carbocycles. The molecule has 2 N–H and O–H groups in total. The summed E-state index contributed by atoms with van der Waals surface area (Å²) in [6.07, 6.45) is 0. The first-order valence-corrected chi connectivity index (χ1v) is 6.08. The third-order valence-corrected chi connectivity index (χ3v) is 2.60. The molecule has 0 saturated heterocycles. The Morgan fingerprint density at radius 1 is 1.00 bits per heavy atom. The second kappa shape index (κ2) is 6.54. The van der Waals surface area contributed by atoms with Gasteiger partial charge in [0.05, 0.1) is 0 Å². The first-order chi connectivity index (χ1) is 9.25. The zero-order chi connectivity index (χ0) is 13.5. The molecule has 2 rings (SSSR count). The van der Waals surface area contributed by atoms with E-state index in [0.717, 1.165) is 5.69 Å². The van der Waals surface area contributed by atoms with Gasteiger partial charge in [0.1, 0.15) is 5.82 Å². The minimum atomic E-state index is -0.407. The quantitative estimate of drug-likeness (QED) is 0.809. The van der Waals surface area contributed by atoms with Crippen LogP contribution in [0.5, 0.6) is 0 Å². The summed E-state index contributed by atoms with van der Waals surface area (Å²) in [5.74, 6) is -0.676. The molecule has 1 amide bonds. The van der Waals surface area contributed by atoms with Crippen LogP contribution < -0.4 is 10.6 Å². The number of carbonyl (C=O) groups excluding carboxylic acids is 1. The first kappa shape index (κ1) is 13.1. The lowest BCUT2D eigenvalue weighted by Gasteiger charge is -2.08. The third-order valence-electron chi connectivity index (χ3n) is 2.60. The number of hydrogen-bond donors (Lipinski definition) is 2. The van der Waals surface area contributed by atoms with Crippen LogP contribution in [0.4, 0.5) is 10.1 Å². The average Bonchev–Trinajstić information content (AvgIpc) is 2.44. The van der Waals surface area contributed by atoms with E-state index in [1.165, 1.54) is 18.2 Å². The number of nitrogens with one attached hydrogen (secondary N) is 2. The molecule has 0 aliphatic carbocycles. The largest absolute Gasteiger partial charge is 0.383 e. The van der Waals surface area contributed by atoms with Gasteiger partial charge in [-0.3, -0.25) is 4.79 Å². The highest BCUT2D eigenvalue weighted by Crippen LogP contribution is 2.04. The predicted molar refractivity (Wildman–Crippen MR) is 73.7 cm³/mol. The van der Waals surface area contributed by atoms with Gasteiger partial charge < -0.3 is 10.6 Å². The molecule has 0 unspecified atom stereocenters. The molecule has 3 nitrogen and oxygen atoms in total. The van der Waals surface area contributed by atoms with Gasteiger partial charge in [-0.1, -0.05) is 24.3 Å². The van der Waals surface area contributed by atoms with Gasteiger partial charge in [0, 0.05) is 24.3 Å². The lowest BCUT2D eigenvalue weighted by molar-refractivity contribution is 0.0954. The maximum absolute atomic E-state index is 12.9. The molecular formula is C15H15FN2O. The number of halogens is 1. The number of benzene rings is 2. The van der Waals surface area contributed by atoms with Crippen LogP contribution in [0.3, 0.4) is 0 Å². The van der Waals surface area contributed by atoms with Crippen molar-refractivity contribution in [2.75, 3.05) is 18.4 Å². The Morgan fingerprint density at radius 2 is 1.79 bits per heavy atom. The fraction of sp³-hybridized carbons (Fsp3) is 0.133. The normalized spacial score (nSPS) is 9.95. The molecule has 0 bridgehead atoms. The van der Waals surface area contributed by atoms with Gasteiger partial charge in [-0.2, -0.15) is 0 Å². The van der Waals surface area contributed by atoms with Crippen LogP contribution in [0.2, 0.25) is 0 Å². The summed E-state index contributed by atoms with van der Waals surface area (Å²) in [5, 5.41) is 5.90. The molecule has 0 atom stereocenters. The maximum atomic E-state index is 12.9. The SMILES string of the molecule is O=C(NCCNc1ccccc1)c1cccc(F)c1. The van der Waals surface area contributed by atoms with Gasteiger partial charge in [-0.15, -0.1) is 0 Å². The van der Waals surface area contributed by atoms with Crippen molar-refractivity contribution in [3.63, 3.8) is 0 Å². The monoisotopic (exact) mass is 258 g/mol. The molecule has 0 spiro atoms. The molecular weight excluding hydrogens is 243 g/mol. The molecule has 4 heteroatoms. The van der Waals surface area contributed by atoms with E-state index in [1.807, 2.05) is 30.3 Å². The van der Waals surface area contributed by atoms with E-state index in [0.29, 0.717) is 18.7 Å². The Morgan fingerprint density at radius 3 is 2.53 bits per heavy atom. The van der Waals surface area contributed by atoms with Crippen LogP contribution >= 0.6 is 0 Å². The molecule has 0 aliphatic rings. The van der Waals surface area contributed by atoms with Crippen molar-refractivity contribution >= 4 is 11.6 Å². The summed E-state index contributed by atoms with van der Waals surface area (Å²) in [6, 6.07) is 15.4. The van der Waals surface area contributed by atoms with Gasteiger partial charge in [-0.25, -0.2) is 4.39 Å². The molecule has 0 fully saturated rings. The van der Waals surface area contributed by atoms with Gasteiger partial charge in [0.15, 0.2) is 0 Å². The smallest absolute Gasteiger partial charge is 0.251 e. The third kappa shape index (κ3) is 4.10. The lowest BCUT2D eigenvalue weighted by Crippen LogP contribution is -2.28. The van der Waals surface area contributed by atoms with Crippen molar-refractivity contribution in [3.8, 4) is 0 Å². The first-order valence-electron chi connectivity index (χ1n) is 6.08. The van der Waals surface area contributed by atoms with Gasteiger partial charge in [-0.05, 0) is 30.3 Å². The number of hydrogen-bond acceptors (Lipinski definition) is 2. The standard InChI is InChI=1S/C15H15FN2O/c16-13-6-4-5-12(11-13)15(19)18-10-9-17-14-7-2-1-3-8-14/h1-8,11,17H,9-10H2,(H,18,19). The van der Waals surface area contributed by atoms with Crippen LogP contribution in [0.25, 0.3) is 0 Å². The van der Waals surface area contributed by atoms with E-state index < -0.39 is 5.82 Å². The van der Waals surface area contributed by atoms with Crippen molar-refractivity contribution in [1.29, 1.82) is 0 Å². The van der Waals surface area contributed by atoms with Gasteiger partial charge in [0.2, 0.25) is 0 Å². The highest BCUT2D eigenvalue weighted by molar-refractivity contribution is 5.94. The van der Waals surface area contributed by atoms with Crippen molar-refractivity contribution in [2.24, 2.45) is 0 Å². The Hall–Kier alpha value is -2.36. The highest BCUT2D eigenvalue weighted by Gasteiger charge is 2.04. The lowest BCUT2D eigenvalue weighted by atomic mass is 10.2. The Balaban J connectivity index is 1.75. The number of amides is 1. The summed E-state index contributed by atoms with van der Waals surface area (Å²) < 4.78 is 12.9. The van der Waals surface area contributed by atoms with Crippen molar-refractivity contribution < 1.29 is 9.18 Å². The number of anilines is 1. The summed E-state index contributed by atoms with van der Waals surface area (Å²) in [4.78, 5) is 11.7. The highest BCUT2D eigenvalue weighted by atomic mass is 19.1. The van der Waals surface area contributed by atoms with E-state index >= 15 is 0 Å². The molecule has 0 saturated carbocycles. The van der Waals surface area contributed by atoms with Crippen LogP contribution in [0.1, 0.15) is 10.4 Å². The Kier molecular flexibility index (Phi) is 4.50. The van der Waals surface area contributed by atoms with Crippen LogP contribution in [0, 0.1) is 5.82 Å². The van der Waals surface area contributed by atoms with E-state index in [2.05, 4.69) is 10.6 Å². The Bertz CT molecular complexity index is 543. The second-order valence-electron chi connectivity index (χ2n) is 4.06. The van der Waals surface area contributed by atoms with Gasteiger partial charge >= 0.3 is 0 Å². The average molecular weight is 258 g/mol. The Labute approximate surface area is 111 Å². The van der Waals surface area contributed by atoms with Crippen LogP contribution in [-0.4, -0.2) is 19.0 Å². The zero-order valence-corrected chi connectivity index (χ0v) is 10.4. The van der Waals surface area contributed by atoms with Gasteiger partial charge in [0.25, 0.3) is 5.91 Å². The zero-order valence-electron chi connectivity index (χ0n) is 10.4. The fourth-order valence-corrected chi connectivity index (χ4v) is 1.67. The van der Waals surface area contributed by atoms with E-state index in [9.17, 15) is 9.18 Å². The van der Waals surface area contributed by atoms with Crippen LogP contribution in [0.15, 0.2) is 54.6 Å². The number of para-hydroxylation sites is 1. The topological polar surface area (TPSA) is 41.1 Å². The molecule has 98 valence electrons. The van der Waals surface area contributed by atoms with Crippen molar-refractivity contribution in [1.82, 2.24) is 5.32 Å². The van der Waals surface area contributed by atoms with Crippen LogP contribution in [-0.2, 0) is 0 Å². The molecule has 0 radical (unpaired) electrons. The molecule has 0 aromatic heterocycles. The second-order valence-corrected chi connectivity index (χ2v) is 4.06. The van der Waals surface area contributed by atoms with Crippen molar-refractivity contribution in [3.05, 3.63) is 66.0 Å². The predicted octanol–water partition coefficient (Wildman–Crippen LogP) is 2.67. The minimum Gasteiger partial charge on any atom is -0.383 e. The summed E-state index contributed by atoms with van der Waals surface area (Å²) in [7, 11) is 0. The summed E-state index contributed by atoms with van der Waals surface area (Å²) in [6.45, 7) is 1.09. The fourth-order valence-electron chi connectivity index (χ4n) is 1.67. The molecule has 19 heavy (non-hydrogen) atoms. The number of carbonyl (C=O) groups is 1. The molecule has 0 aliphatic heterocycles. The summed E-state index contributed by atoms with van der Waals surface area (Å²) >= 11 is 0.